The average molecular weight is 326 g/mol. The molecule has 20 heavy (non-hydrogen) atoms. The van der Waals surface area contributed by atoms with Gasteiger partial charge in [0.1, 0.15) is 6.20 Å². The summed E-state index contributed by atoms with van der Waals surface area (Å²) in [5.41, 5.74) is -0.173. The lowest BCUT2D eigenvalue weighted by Gasteiger charge is -1.96. The molecule has 0 aliphatic carbocycles. The third-order valence-corrected chi connectivity index (χ3v) is 4.05. The lowest BCUT2D eigenvalue weighted by molar-refractivity contribution is 0.866. The van der Waals surface area contributed by atoms with E-state index in [1.54, 1.807) is 24.3 Å². The van der Waals surface area contributed by atoms with Crippen LogP contribution in [0, 0.1) is 0 Å². The topological polar surface area (TPSA) is 64.3 Å². The minimum atomic E-state index is -0.484. The Kier molecular flexibility index (Phi) is 3.29. The van der Waals surface area contributed by atoms with Crippen LogP contribution >= 0.6 is 34.5 Å². The fraction of sp³-hybridized carbons (Fsp3) is 0. The fourth-order valence-electron chi connectivity index (χ4n) is 1.63. The summed E-state index contributed by atoms with van der Waals surface area (Å²) in [6.07, 6.45) is 2.62. The van der Waals surface area contributed by atoms with E-state index < -0.39 is 5.56 Å². The molecule has 0 bridgehead atoms. The second-order valence-electron chi connectivity index (χ2n) is 3.87. The third-order valence-electron chi connectivity index (χ3n) is 2.52. The highest BCUT2D eigenvalue weighted by Crippen LogP contribution is 2.21. The number of halogens is 2. The second-order valence-corrected chi connectivity index (χ2v) is 5.72. The SMILES string of the molecule is O=c1cnn2c(=O)c(=Cc3ccc(Cl)cc3Cl)sc2n1. The molecule has 0 fully saturated rings. The number of benzene rings is 1. The van der Waals surface area contributed by atoms with E-state index in [1.807, 2.05) is 0 Å². The van der Waals surface area contributed by atoms with Gasteiger partial charge in [-0.2, -0.15) is 14.6 Å². The van der Waals surface area contributed by atoms with Crippen molar-refractivity contribution < 1.29 is 0 Å². The molecule has 0 saturated heterocycles. The Bertz CT molecular complexity index is 981. The average Bonchev–Trinajstić information content (AvgIpc) is 2.69. The molecule has 100 valence electrons. The lowest BCUT2D eigenvalue weighted by atomic mass is 10.2. The Hall–Kier alpha value is -1.76. The van der Waals surface area contributed by atoms with Gasteiger partial charge in [0, 0.05) is 10.0 Å². The van der Waals surface area contributed by atoms with Crippen LogP contribution < -0.4 is 15.7 Å². The maximum absolute atomic E-state index is 12.1. The molecule has 0 aliphatic rings. The highest BCUT2D eigenvalue weighted by Gasteiger charge is 2.06. The van der Waals surface area contributed by atoms with Crippen LogP contribution in [0.2, 0.25) is 10.0 Å². The zero-order valence-corrected chi connectivity index (χ0v) is 12.0. The van der Waals surface area contributed by atoms with Gasteiger partial charge in [0.25, 0.3) is 11.1 Å². The summed E-state index contributed by atoms with van der Waals surface area (Å²) in [5.74, 6) is 0. The van der Waals surface area contributed by atoms with Crippen LogP contribution in [0.15, 0.2) is 34.0 Å². The first kappa shape index (κ1) is 13.2. The van der Waals surface area contributed by atoms with E-state index in [-0.39, 0.29) is 10.5 Å². The van der Waals surface area contributed by atoms with Crippen molar-refractivity contribution in [3.63, 3.8) is 0 Å². The van der Waals surface area contributed by atoms with Crippen LogP contribution in [0.1, 0.15) is 5.56 Å². The number of hydrogen-bond acceptors (Lipinski definition) is 5. The number of nitrogens with zero attached hydrogens (tertiary/aromatic N) is 3. The summed E-state index contributed by atoms with van der Waals surface area (Å²) >= 11 is 12.9. The molecule has 0 radical (unpaired) electrons. The minimum Gasteiger partial charge on any atom is -0.266 e. The first-order chi connectivity index (χ1) is 9.54. The van der Waals surface area contributed by atoms with Gasteiger partial charge in [0.2, 0.25) is 4.96 Å². The van der Waals surface area contributed by atoms with Gasteiger partial charge in [-0.15, -0.1) is 0 Å². The molecule has 2 aromatic heterocycles. The third kappa shape index (κ3) is 2.33. The van der Waals surface area contributed by atoms with Gasteiger partial charge >= 0.3 is 0 Å². The normalized spacial score (nSPS) is 12.2. The molecule has 3 rings (SSSR count). The van der Waals surface area contributed by atoms with Crippen molar-refractivity contribution in [3.8, 4) is 0 Å². The summed E-state index contributed by atoms with van der Waals surface area (Å²) in [4.78, 5) is 27.2. The van der Waals surface area contributed by atoms with Crippen LogP contribution in [-0.4, -0.2) is 14.6 Å². The summed E-state index contributed by atoms with van der Waals surface area (Å²) in [6, 6.07) is 4.97. The molecule has 0 N–H and O–H groups in total. The molecule has 0 unspecified atom stereocenters. The van der Waals surface area contributed by atoms with Crippen molar-refractivity contribution in [2.24, 2.45) is 0 Å². The lowest BCUT2D eigenvalue weighted by Crippen LogP contribution is -2.25. The molecular formula is C12H5Cl2N3O2S. The smallest absolute Gasteiger partial charge is 0.266 e. The first-order valence-corrected chi connectivity index (χ1v) is 6.97. The highest BCUT2D eigenvalue weighted by atomic mass is 35.5. The molecular weight excluding hydrogens is 321 g/mol. The van der Waals surface area contributed by atoms with Crippen LogP contribution in [-0.2, 0) is 0 Å². The Labute approximate surface area is 125 Å². The molecule has 1 aromatic carbocycles. The van der Waals surface area contributed by atoms with Gasteiger partial charge in [-0.05, 0) is 23.8 Å². The zero-order valence-electron chi connectivity index (χ0n) is 9.71. The predicted octanol–water partition coefficient (Wildman–Crippen LogP) is 1.37. The quantitative estimate of drug-likeness (QED) is 0.677. The summed E-state index contributed by atoms with van der Waals surface area (Å²) in [7, 11) is 0. The zero-order chi connectivity index (χ0) is 14.3. The van der Waals surface area contributed by atoms with Gasteiger partial charge in [-0.1, -0.05) is 40.6 Å². The number of rotatable bonds is 1. The van der Waals surface area contributed by atoms with Crippen LogP contribution in [0.25, 0.3) is 11.0 Å². The van der Waals surface area contributed by atoms with E-state index in [1.165, 1.54) is 0 Å². The monoisotopic (exact) mass is 325 g/mol. The standard InChI is InChI=1S/C12H5Cl2N3O2S/c13-7-2-1-6(8(14)4-7)3-9-11(19)17-12(20-9)16-10(18)5-15-17/h1-5H. The highest BCUT2D eigenvalue weighted by molar-refractivity contribution is 7.15. The van der Waals surface area contributed by atoms with E-state index in [4.69, 9.17) is 23.2 Å². The van der Waals surface area contributed by atoms with Crippen molar-refractivity contribution in [3.05, 3.63) is 65.2 Å². The predicted molar refractivity (Wildman–Crippen MR) is 78.7 cm³/mol. The molecule has 0 saturated carbocycles. The van der Waals surface area contributed by atoms with Gasteiger partial charge in [-0.25, -0.2) is 0 Å². The minimum absolute atomic E-state index is 0.249. The second kappa shape index (κ2) is 4.97. The van der Waals surface area contributed by atoms with E-state index in [9.17, 15) is 9.59 Å². The van der Waals surface area contributed by atoms with Crippen molar-refractivity contribution in [1.29, 1.82) is 0 Å². The molecule has 0 amide bonds. The molecule has 0 atom stereocenters. The summed E-state index contributed by atoms with van der Waals surface area (Å²) in [6.45, 7) is 0. The fourth-order valence-corrected chi connectivity index (χ4v) is 3.00. The van der Waals surface area contributed by atoms with E-state index >= 15 is 0 Å². The van der Waals surface area contributed by atoms with Crippen molar-refractivity contribution in [2.45, 2.75) is 0 Å². The number of thiazole rings is 1. The number of aromatic nitrogens is 3. The molecule has 2 heterocycles. The maximum Gasteiger partial charge on any atom is 0.292 e. The van der Waals surface area contributed by atoms with Crippen molar-refractivity contribution in [2.75, 3.05) is 0 Å². The number of fused-ring (bicyclic) bond motifs is 1. The van der Waals surface area contributed by atoms with E-state index in [2.05, 4.69) is 10.1 Å². The summed E-state index contributed by atoms with van der Waals surface area (Å²) < 4.78 is 1.47. The van der Waals surface area contributed by atoms with Crippen molar-refractivity contribution in [1.82, 2.24) is 14.6 Å². The van der Waals surface area contributed by atoms with Gasteiger partial charge in [-0.3, -0.25) is 9.59 Å². The molecule has 3 aromatic rings. The number of hydrogen-bond donors (Lipinski definition) is 0. The van der Waals surface area contributed by atoms with Gasteiger partial charge in [0.05, 0.1) is 4.53 Å². The molecule has 0 spiro atoms. The summed E-state index contributed by atoms with van der Waals surface area (Å²) in [5, 5.41) is 4.69. The molecule has 5 nitrogen and oxygen atoms in total. The largest absolute Gasteiger partial charge is 0.292 e. The maximum atomic E-state index is 12.1. The van der Waals surface area contributed by atoms with Gasteiger partial charge in [0.15, 0.2) is 0 Å². The Morgan fingerprint density at radius 3 is 2.80 bits per heavy atom. The van der Waals surface area contributed by atoms with Crippen molar-refractivity contribution >= 4 is 45.6 Å². The van der Waals surface area contributed by atoms with Gasteiger partial charge < -0.3 is 0 Å². The Morgan fingerprint density at radius 2 is 2.05 bits per heavy atom. The van der Waals surface area contributed by atoms with E-state index in [0.717, 1.165) is 22.0 Å². The first-order valence-electron chi connectivity index (χ1n) is 5.40. The molecule has 0 aliphatic heterocycles. The van der Waals surface area contributed by atoms with E-state index in [0.29, 0.717) is 20.1 Å². The Morgan fingerprint density at radius 1 is 1.25 bits per heavy atom. The van der Waals surface area contributed by atoms with Crippen LogP contribution in [0.3, 0.4) is 0 Å². The van der Waals surface area contributed by atoms with Crippen LogP contribution in [0.4, 0.5) is 0 Å². The Balaban J connectivity index is 2.29. The van der Waals surface area contributed by atoms with Crippen LogP contribution in [0.5, 0.6) is 0 Å². The molecule has 8 heteroatoms.